The maximum absolute atomic E-state index is 12.2. The Kier molecular flexibility index (Phi) is 7.01. The van der Waals surface area contributed by atoms with Crippen LogP contribution in [-0.4, -0.2) is 36.9 Å². The summed E-state index contributed by atoms with van der Waals surface area (Å²) in [7, 11) is 1.72. The third kappa shape index (κ3) is 6.30. The van der Waals surface area contributed by atoms with E-state index in [-0.39, 0.29) is 24.8 Å². The van der Waals surface area contributed by atoms with E-state index in [1.807, 2.05) is 61.5 Å². The number of hydrogen-bond donors (Lipinski definition) is 1. The standard InChI is InChI=1S/C20H24N2O3/c1-3-25-18-11-9-17(10-12-18)15-22(2)20(24)14-21-19(23)13-16-7-5-4-6-8-16/h4-12H,3,13-15H2,1-2H3,(H,21,23). The van der Waals surface area contributed by atoms with Gasteiger partial charge in [0.1, 0.15) is 5.75 Å². The Hall–Kier alpha value is -2.82. The average Bonchev–Trinajstić information content (AvgIpc) is 2.62. The molecule has 0 bridgehead atoms. The fourth-order valence-electron chi connectivity index (χ4n) is 2.37. The molecular formula is C20H24N2O3. The van der Waals surface area contributed by atoms with E-state index in [2.05, 4.69) is 5.32 Å². The molecule has 0 aliphatic rings. The molecule has 5 nitrogen and oxygen atoms in total. The van der Waals surface area contributed by atoms with Crippen LogP contribution in [0.1, 0.15) is 18.1 Å². The smallest absolute Gasteiger partial charge is 0.242 e. The van der Waals surface area contributed by atoms with Crippen LogP contribution in [0.2, 0.25) is 0 Å². The predicted octanol–water partition coefficient (Wildman–Crippen LogP) is 2.40. The van der Waals surface area contributed by atoms with E-state index in [0.29, 0.717) is 13.2 Å². The number of amides is 2. The molecule has 0 aliphatic heterocycles. The van der Waals surface area contributed by atoms with Crippen molar-refractivity contribution in [2.75, 3.05) is 20.2 Å². The van der Waals surface area contributed by atoms with Gasteiger partial charge < -0.3 is 15.0 Å². The van der Waals surface area contributed by atoms with Gasteiger partial charge in [-0.1, -0.05) is 42.5 Å². The fourth-order valence-corrected chi connectivity index (χ4v) is 2.37. The summed E-state index contributed by atoms with van der Waals surface area (Å²) in [5, 5.41) is 2.67. The summed E-state index contributed by atoms with van der Waals surface area (Å²) in [5.41, 5.74) is 1.94. The van der Waals surface area contributed by atoms with Crippen molar-refractivity contribution in [3.05, 3.63) is 65.7 Å². The topological polar surface area (TPSA) is 58.6 Å². The lowest BCUT2D eigenvalue weighted by Crippen LogP contribution is -2.38. The lowest BCUT2D eigenvalue weighted by molar-refractivity contribution is -0.132. The van der Waals surface area contributed by atoms with Gasteiger partial charge in [0, 0.05) is 13.6 Å². The lowest BCUT2D eigenvalue weighted by atomic mass is 10.1. The number of nitrogens with zero attached hydrogens (tertiary/aromatic N) is 1. The van der Waals surface area contributed by atoms with Crippen LogP contribution in [0, 0.1) is 0 Å². The van der Waals surface area contributed by atoms with E-state index >= 15 is 0 Å². The van der Waals surface area contributed by atoms with E-state index in [0.717, 1.165) is 16.9 Å². The molecule has 0 heterocycles. The Morgan fingerprint density at radius 1 is 1.00 bits per heavy atom. The Morgan fingerprint density at radius 2 is 1.68 bits per heavy atom. The second-order valence-corrected chi connectivity index (χ2v) is 5.77. The van der Waals surface area contributed by atoms with Crippen LogP contribution >= 0.6 is 0 Å². The molecule has 0 saturated heterocycles. The third-order valence-corrected chi connectivity index (χ3v) is 3.72. The van der Waals surface area contributed by atoms with Gasteiger partial charge in [-0.25, -0.2) is 0 Å². The minimum Gasteiger partial charge on any atom is -0.494 e. The lowest BCUT2D eigenvalue weighted by Gasteiger charge is -2.18. The largest absolute Gasteiger partial charge is 0.494 e. The molecule has 0 unspecified atom stereocenters. The summed E-state index contributed by atoms with van der Waals surface area (Å²) >= 11 is 0. The van der Waals surface area contributed by atoms with Crippen molar-refractivity contribution < 1.29 is 14.3 Å². The molecule has 0 radical (unpaired) electrons. The highest BCUT2D eigenvalue weighted by molar-refractivity contribution is 5.85. The van der Waals surface area contributed by atoms with Gasteiger partial charge in [-0.05, 0) is 30.2 Å². The van der Waals surface area contributed by atoms with E-state index < -0.39 is 0 Å². The summed E-state index contributed by atoms with van der Waals surface area (Å²) in [5.74, 6) is 0.526. The Balaban J connectivity index is 1.76. The summed E-state index contributed by atoms with van der Waals surface area (Å²) in [6, 6.07) is 17.1. The first kappa shape index (κ1) is 18.5. The van der Waals surface area contributed by atoms with Crippen LogP contribution in [0.5, 0.6) is 5.75 Å². The summed E-state index contributed by atoms with van der Waals surface area (Å²) in [6.45, 7) is 3.05. The van der Waals surface area contributed by atoms with Crippen LogP contribution in [0.15, 0.2) is 54.6 Å². The molecule has 25 heavy (non-hydrogen) atoms. The zero-order chi connectivity index (χ0) is 18.1. The number of carbonyl (C=O) groups excluding carboxylic acids is 2. The molecule has 2 aromatic rings. The van der Waals surface area contributed by atoms with Crippen molar-refractivity contribution in [1.29, 1.82) is 0 Å². The van der Waals surface area contributed by atoms with Gasteiger partial charge in [-0.3, -0.25) is 9.59 Å². The van der Waals surface area contributed by atoms with Crippen molar-refractivity contribution in [3.63, 3.8) is 0 Å². The molecule has 0 spiro atoms. The number of hydrogen-bond acceptors (Lipinski definition) is 3. The third-order valence-electron chi connectivity index (χ3n) is 3.72. The molecule has 0 fully saturated rings. The minimum atomic E-state index is -0.158. The van der Waals surface area contributed by atoms with Crippen molar-refractivity contribution in [2.24, 2.45) is 0 Å². The number of benzene rings is 2. The SMILES string of the molecule is CCOc1ccc(CN(C)C(=O)CNC(=O)Cc2ccccc2)cc1. The number of rotatable bonds is 8. The van der Waals surface area contributed by atoms with E-state index in [9.17, 15) is 9.59 Å². The highest BCUT2D eigenvalue weighted by Gasteiger charge is 2.11. The molecule has 2 rings (SSSR count). The molecule has 5 heteroatoms. The Bertz CT molecular complexity index is 684. The van der Waals surface area contributed by atoms with Crippen LogP contribution in [0.4, 0.5) is 0 Å². The van der Waals surface area contributed by atoms with Crippen LogP contribution < -0.4 is 10.1 Å². The van der Waals surface area contributed by atoms with Gasteiger partial charge in [0.25, 0.3) is 0 Å². The fraction of sp³-hybridized carbons (Fsp3) is 0.300. The summed E-state index contributed by atoms with van der Waals surface area (Å²) < 4.78 is 5.40. The number of nitrogens with one attached hydrogen (secondary N) is 1. The van der Waals surface area contributed by atoms with Crippen molar-refractivity contribution >= 4 is 11.8 Å². The number of carbonyl (C=O) groups is 2. The molecule has 0 saturated carbocycles. The first-order valence-corrected chi connectivity index (χ1v) is 8.35. The molecule has 2 amide bonds. The van der Waals surface area contributed by atoms with Gasteiger partial charge in [-0.15, -0.1) is 0 Å². The summed E-state index contributed by atoms with van der Waals surface area (Å²) in [4.78, 5) is 25.7. The van der Waals surface area contributed by atoms with E-state index in [1.165, 1.54) is 0 Å². The molecule has 0 aliphatic carbocycles. The summed E-state index contributed by atoms with van der Waals surface area (Å²) in [6.07, 6.45) is 0.275. The second-order valence-electron chi connectivity index (χ2n) is 5.77. The first-order valence-electron chi connectivity index (χ1n) is 8.35. The quantitative estimate of drug-likeness (QED) is 0.803. The average molecular weight is 340 g/mol. The van der Waals surface area contributed by atoms with Crippen LogP contribution in [-0.2, 0) is 22.6 Å². The van der Waals surface area contributed by atoms with E-state index in [1.54, 1.807) is 11.9 Å². The van der Waals surface area contributed by atoms with Crippen molar-refractivity contribution in [1.82, 2.24) is 10.2 Å². The molecule has 1 N–H and O–H groups in total. The maximum Gasteiger partial charge on any atom is 0.242 e. The van der Waals surface area contributed by atoms with Gasteiger partial charge in [-0.2, -0.15) is 0 Å². The second kappa shape index (κ2) is 9.47. The van der Waals surface area contributed by atoms with Crippen molar-refractivity contribution in [2.45, 2.75) is 19.9 Å². The van der Waals surface area contributed by atoms with Crippen LogP contribution in [0.3, 0.4) is 0 Å². The normalized spacial score (nSPS) is 10.2. The Morgan fingerprint density at radius 3 is 2.32 bits per heavy atom. The van der Waals surface area contributed by atoms with Crippen molar-refractivity contribution in [3.8, 4) is 5.75 Å². The zero-order valence-electron chi connectivity index (χ0n) is 14.7. The molecular weight excluding hydrogens is 316 g/mol. The molecule has 0 aromatic heterocycles. The first-order chi connectivity index (χ1) is 12.1. The molecule has 0 atom stereocenters. The zero-order valence-corrected chi connectivity index (χ0v) is 14.7. The highest BCUT2D eigenvalue weighted by Crippen LogP contribution is 2.13. The monoisotopic (exact) mass is 340 g/mol. The Labute approximate surface area is 148 Å². The van der Waals surface area contributed by atoms with E-state index in [4.69, 9.17) is 4.74 Å². The highest BCUT2D eigenvalue weighted by atomic mass is 16.5. The predicted molar refractivity (Wildman–Crippen MR) is 97.2 cm³/mol. The van der Waals surface area contributed by atoms with Crippen LogP contribution in [0.25, 0.3) is 0 Å². The van der Waals surface area contributed by atoms with Gasteiger partial charge >= 0.3 is 0 Å². The molecule has 2 aromatic carbocycles. The molecule has 132 valence electrons. The minimum absolute atomic E-state index is 0.000797. The maximum atomic E-state index is 12.2. The van der Waals surface area contributed by atoms with Gasteiger partial charge in [0.2, 0.25) is 11.8 Å². The van der Waals surface area contributed by atoms with Gasteiger partial charge in [0.05, 0.1) is 19.6 Å². The van der Waals surface area contributed by atoms with Gasteiger partial charge in [0.15, 0.2) is 0 Å². The number of likely N-dealkylation sites (N-methyl/N-ethyl adjacent to an activating group) is 1. The number of ether oxygens (including phenoxy) is 1.